The first-order valence-electron chi connectivity index (χ1n) is 8.20. The fourth-order valence-electron chi connectivity index (χ4n) is 3.05. The summed E-state index contributed by atoms with van der Waals surface area (Å²) in [5.74, 6) is 0. The van der Waals surface area contributed by atoms with Gasteiger partial charge in [0, 0.05) is 22.5 Å². The lowest BCUT2D eigenvalue weighted by molar-refractivity contribution is -0.383. The maximum absolute atomic E-state index is 11.4. The number of fused-ring (bicyclic) bond motifs is 2. The third-order valence-corrected chi connectivity index (χ3v) is 5.27. The fraction of sp³-hybridized carbons (Fsp3) is 0. The summed E-state index contributed by atoms with van der Waals surface area (Å²) in [5, 5.41) is 21.2. The summed E-state index contributed by atoms with van der Waals surface area (Å²) in [4.78, 5) is 15.4. The van der Waals surface area contributed by atoms with E-state index in [1.807, 2.05) is 12.1 Å². The summed E-state index contributed by atoms with van der Waals surface area (Å²) in [6, 6.07) is 18.0. The number of nitrogens with one attached hydrogen (secondary N) is 1. The average Bonchev–Trinajstić information content (AvgIpc) is 2.67. The third-order valence-electron chi connectivity index (χ3n) is 4.34. The fourth-order valence-corrected chi connectivity index (χ4v) is 3.57. The van der Waals surface area contributed by atoms with Crippen LogP contribution in [0.1, 0.15) is 0 Å². The van der Waals surface area contributed by atoms with Crippen LogP contribution >= 0.6 is 0 Å². The molecule has 9 heteroatoms. The Morgan fingerprint density at radius 2 is 1.61 bits per heavy atom. The van der Waals surface area contributed by atoms with Gasteiger partial charge in [-0.05, 0) is 30.3 Å². The van der Waals surface area contributed by atoms with E-state index >= 15 is 0 Å². The molecular formula is C19H14N4O4S. The Kier molecular flexibility index (Phi) is 4.17. The van der Waals surface area contributed by atoms with Crippen molar-refractivity contribution < 1.29 is 13.3 Å². The van der Waals surface area contributed by atoms with Gasteiger partial charge in [0.05, 0.1) is 21.0 Å². The molecule has 0 unspecified atom stereocenters. The van der Waals surface area contributed by atoms with Crippen molar-refractivity contribution in [3.05, 3.63) is 76.8 Å². The molecule has 1 heterocycles. The van der Waals surface area contributed by atoms with Crippen LogP contribution in [-0.4, -0.2) is 18.3 Å². The molecule has 0 bridgehead atoms. The lowest BCUT2D eigenvalue weighted by atomic mass is 10.1. The summed E-state index contributed by atoms with van der Waals surface area (Å²) < 4.78 is 22.9. The van der Waals surface area contributed by atoms with E-state index in [1.54, 1.807) is 36.4 Å². The molecule has 0 radical (unpaired) electrons. The van der Waals surface area contributed by atoms with E-state index in [-0.39, 0.29) is 16.1 Å². The van der Waals surface area contributed by atoms with E-state index in [9.17, 15) is 18.5 Å². The van der Waals surface area contributed by atoms with Gasteiger partial charge in [-0.3, -0.25) is 10.1 Å². The molecule has 0 saturated carbocycles. The van der Waals surface area contributed by atoms with Gasteiger partial charge in [0.2, 0.25) is 10.0 Å². The van der Waals surface area contributed by atoms with Gasteiger partial charge in [0.15, 0.2) is 5.52 Å². The van der Waals surface area contributed by atoms with E-state index in [0.717, 1.165) is 5.39 Å². The number of rotatable bonds is 4. The third kappa shape index (κ3) is 3.13. The molecule has 3 aromatic carbocycles. The van der Waals surface area contributed by atoms with Gasteiger partial charge in [-0.15, -0.1) is 0 Å². The normalized spacial score (nSPS) is 11.6. The molecule has 0 spiro atoms. The first kappa shape index (κ1) is 17.8. The summed E-state index contributed by atoms with van der Waals surface area (Å²) >= 11 is 0. The number of primary sulfonamides is 1. The predicted octanol–water partition coefficient (Wildman–Crippen LogP) is 3.69. The minimum atomic E-state index is -3.79. The van der Waals surface area contributed by atoms with Crippen LogP contribution < -0.4 is 10.5 Å². The van der Waals surface area contributed by atoms with Gasteiger partial charge < -0.3 is 5.32 Å². The van der Waals surface area contributed by atoms with E-state index in [1.165, 1.54) is 18.2 Å². The van der Waals surface area contributed by atoms with Crippen molar-refractivity contribution in [3.63, 3.8) is 0 Å². The van der Waals surface area contributed by atoms with Gasteiger partial charge in [-0.25, -0.2) is 18.5 Å². The number of nitro groups is 1. The number of nitrogens with zero attached hydrogens (tertiary/aromatic N) is 2. The second kappa shape index (κ2) is 6.55. The van der Waals surface area contributed by atoms with Crippen LogP contribution in [0.5, 0.6) is 0 Å². The molecule has 28 heavy (non-hydrogen) atoms. The minimum Gasteiger partial charge on any atom is -0.354 e. The van der Waals surface area contributed by atoms with Crippen molar-refractivity contribution in [2.45, 2.75) is 4.90 Å². The summed E-state index contributed by atoms with van der Waals surface area (Å²) in [5.41, 5.74) is 2.04. The molecular weight excluding hydrogens is 380 g/mol. The van der Waals surface area contributed by atoms with Crippen LogP contribution in [0.15, 0.2) is 71.6 Å². The van der Waals surface area contributed by atoms with E-state index in [0.29, 0.717) is 22.3 Å². The number of hydrogen-bond donors (Lipinski definition) is 2. The number of pyridine rings is 1. The molecule has 0 fully saturated rings. The highest BCUT2D eigenvalue weighted by atomic mass is 32.2. The molecule has 8 nitrogen and oxygen atoms in total. The van der Waals surface area contributed by atoms with Gasteiger partial charge in [0.25, 0.3) is 5.69 Å². The lowest BCUT2D eigenvalue weighted by Crippen LogP contribution is -2.11. The summed E-state index contributed by atoms with van der Waals surface area (Å²) in [6.07, 6.45) is 0. The standard InChI is InChI=1S/C19H14N4O4S/c20-28(26,27)13-10-8-12(9-11-13)21-18-14-4-1-2-6-16(14)22-19-15(18)5-3-7-17(19)23(24)25/h1-11H,(H,21,22)(H2,20,26,27). The van der Waals surface area contributed by atoms with Gasteiger partial charge in [-0.1, -0.05) is 30.3 Å². The van der Waals surface area contributed by atoms with Crippen molar-refractivity contribution in [1.29, 1.82) is 0 Å². The highest BCUT2D eigenvalue weighted by Crippen LogP contribution is 2.36. The van der Waals surface area contributed by atoms with Crippen LogP contribution in [0, 0.1) is 10.1 Å². The molecule has 0 atom stereocenters. The highest BCUT2D eigenvalue weighted by Gasteiger charge is 2.18. The number of nitrogens with two attached hydrogens (primary N) is 1. The Labute approximate surface area is 159 Å². The zero-order chi connectivity index (χ0) is 19.9. The molecule has 4 rings (SSSR count). The number of anilines is 2. The largest absolute Gasteiger partial charge is 0.354 e. The van der Waals surface area contributed by atoms with Crippen molar-refractivity contribution >= 4 is 48.9 Å². The molecule has 0 amide bonds. The maximum Gasteiger partial charge on any atom is 0.295 e. The second-order valence-electron chi connectivity index (χ2n) is 6.13. The molecule has 0 aliphatic carbocycles. The predicted molar refractivity (Wildman–Crippen MR) is 107 cm³/mol. The Balaban J connectivity index is 1.94. The SMILES string of the molecule is NS(=O)(=O)c1ccc(Nc2c3ccccc3nc3c([N+](=O)[O-])cccc23)cc1. The van der Waals surface area contributed by atoms with Crippen LogP contribution in [0.4, 0.5) is 17.1 Å². The molecule has 0 aliphatic rings. The zero-order valence-corrected chi connectivity index (χ0v) is 15.2. The summed E-state index contributed by atoms with van der Waals surface area (Å²) in [6.45, 7) is 0. The molecule has 0 saturated heterocycles. The van der Waals surface area contributed by atoms with E-state index in [4.69, 9.17) is 5.14 Å². The molecule has 1 aromatic heterocycles. The number of non-ortho nitro benzene ring substituents is 1. The lowest BCUT2D eigenvalue weighted by Gasteiger charge is -2.13. The maximum atomic E-state index is 11.4. The average molecular weight is 394 g/mol. The summed E-state index contributed by atoms with van der Waals surface area (Å²) in [7, 11) is -3.79. The first-order chi connectivity index (χ1) is 13.3. The Morgan fingerprint density at radius 1 is 0.929 bits per heavy atom. The van der Waals surface area contributed by atoms with E-state index < -0.39 is 14.9 Å². The van der Waals surface area contributed by atoms with Gasteiger partial charge >= 0.3 is 0 Å². The van der Waals surface area contributed by atoms with Crippen LogP contribution in [0.25, 0.3) is 21.8 Å². The Morgan fingerprint density at radius 3 is 2.29 bits per heavy atom. The second-order valence-corrected chi connectivity index (χ2v) is 7.69. The van der Waals surface area contributed by atoms with Crippen molar-refractivity contribution in [2.75, 3.05) is 5.32 Å². The minimum absolute atomic E-state index is 0.00173. The monoisotopic (exact) mass is 394 g/mol. The van der Waals surface area contributed by atoms with Crippen LogP contribution in [0.3, 0.4) is 0 Å². The molecule has 0 aliphatic heterocycles. The number of nitro benzene ring substituents is 1. The quantitative estimate of drug-likeness (QED) is 0.309. The number of aromatic nitrogens is 1. The van der Waals surface area contributed by atoms with E-state index in [2.05, 4.69) is 10.3 Å². The number of hydrogen-bond acceptors (Lipinski definition) is 6. The Hall–Kier alpha value is -3.56. The first-order valence-corrected chi connectivity index (χ1v) is 9.75. The van der Waals surface area contributed by atoms with Crippen LogP contribution in [0.2, 0.25) is 0 Å². The van der Waals surface area contributed by atoms with Gasteiger partial charge in [0.1, 0.15) is 0 Å². The van der Waals surface area contributed by atoms with Crippen molar-refractivity contribution in [1.82, 2.24) is 4.98 Å². The topological polar surface area (TPSA) is 128 Å². The molecule has 4 aromatic rings. The van der Waals surface area contributed by atoms with Crippen molar-refractivity contribution in [2.24, 2.45) is 5.14 Å². The Bertz CT molecular complexity index is 1340. The van der Waals surface area contributed by atoms with Crippen molar-refractivity contribution in [3.8, 4) is 0 Å². The van der Waals surface area contributed by atoms with Gasteiger partial charge in [-0.2, -0.15) is 0 Å². The number of benzene rings is 3. The van der Waals surface area contributed by atoms with Crippen LogP contribution in [-0.2, 0) is 10.0 Å². The highest BCUT2D eigenvalue weighted by molar-refractivity contribution is 7.89. The zero-order valence-electron chi connectivity index (χ0n) is 14.4. The molecule has 3 N–H and O–H groups in total. The smallest absolute Gasteiger partial charge is 0.295 e. The molecule has 140 valence electrons. The number of para-hydroxylation sites is 2. The number of sulfonamides is 1.